The number of carbonyl (C=O) groups excluding carboxylic acids is 1. The van der Waals surface area contributed by atoms with Crippen LogP contribution >= 0.6 is 11.6 Å². The molecule has 7 heteroatoms. The Morgan fingerprint density at radius 1 is 0.882 bits per heavy atom. The van der Waals surface area contributed by atoms with Crippen LogP contribution in [0.3, 0.4) is 0 Å². The van der Waals surface area contributed by atoms with Crippen molar-refractivity contribution in [2.75, 3.05) is 45.3 Å². The normalized spacial score (nSPS) is 13.5. The number of rotatable bonds is 7. The lowest BCUT2D eigenvalue weighted by molar-refractivity contribution is 0.0746. The lowest BCUT2D eigenvalue weighted by Crippen LogP contribution is -2.49. The fourth-order valence-electron chi connectivity index (χ4n) is 4.11. The molecule has 4 rings (SSSR count). The largest absolute Gasteiger partial charge is 0.497 e. The highest BCUT2D eigenvalue weighted by Gasteiger charge is 2.24. The summed E-state index contributed by atoms with van der Waals surface area (Å²) >= 11 is 6.20. The van der Waals surface area contributed by atoms with Gasteiger partial charge in [-0.2, -0.15) is 0 Å². The maximum atomic E-state index is 13.3. The summed E-state index contributed by atoms with van der Waals surface area (Å²) in [5.41, 5.74) is 3.75. The molecule has 1 heterocycles. The predicted molar refractivity (Wildman–Crippen MR) is 135 cm³/mol. The third kappa shape index (κ3) is 5.39. The van der Waals surface area contributed by atoms with Crippen LogP contribution in [0.25, 0.3) is 0 Å². The zero-order chi connectivity index (χ0) is 24.1. The van der Waals surface area contributed by atoms with E-state index in [1.165, 1.54) is 5.56 Å². The van der Waals surface area contributed by atoms with Crippen LogP contribution in [0, 0.1) is 6.92 Å². The summed E-state index contributed by atoms with van der Waals surface area (Å²) in [7, 11) is 3.24. The molecule has 1 amide bonds. The number of nitrogens with zero attached hydrogens (tertiary/aromatic N) is 2. The molecule has 1 aliphatic rings. The van der Waals surface area contributed by atoms with Crippen molar-refractivity contribution < 1.29 is 19.0 Å². The molecule has 3 aromatic carbocycles. The van der Waals surface area contributed by atoms with Crippen molar-refractivity contribution in [3.05, 3.63) is 82.4 Å². The number of aryl methyl sites for hydroxylation is 1. The van der Waals surface area contributed by atoms with E-state index in [0.29, 0.717) is 36.8 Å². The average Bonchev–Trinajstić information content (AvgIpc) is 2.88. The number of anilines is 1. The second-order valence-corrected chi connectivity index (χ2v) is 8.64. The van der Waals surface area contributed by atoms with Gasteiger partial charge in [0.05, 0.1) is 14.2 Å². The highest BCUT2D eigenvalue weighted by Crippen LogP contribution is 2.27. The zero-order valence-electron chi connectivity index (χ0n) is 19.7. The van der Waals surface area contributed by atoms with E-state index >= 15 is 0 Å². The molecule has 1 saturated heterocycles. The summed E-state index contributed by atoms with van der Waals surface area (Å²) in [6.07, 6.45) is 0. The Hall–Kier alpha value is -3.38. The van der Waals surface area contributed by atoms with Crippen molar-refractivity contribution >= 4 is 23.2 Å². The van der Waals surface area contributed by atoms with Gasteiger partial charge in [-0.05, 0) is 67.1 Å². The maximum Gasteiger partial charge on any atom is 0.253 e. The van der Waals surface area contributed by atoms with Crippen LogP contribution in [0.4, 0.5) is 5.69 Å². The van der Waals surface area contributed by atoms with E-state index in [1.807, 2.05) is 65.6 Å². The number of amides is 1. The predicted octanol–water partition coefficient (Wildman–Crippen LogP) is 5.21. The first-order valence-electron chi connectivity index (χ1n) is 11.2. The van der Waals surface area contributed by atoms with Gasteiger partial charge in [-0.3, -0.25) is 4.79 Å². The summed E-state index contributed by atoms with van der Waals surface area (Å²) in [5.74, 6) is 2.18. The van der Waals surface area contributed by atoms with Crippen molar-refractivity contribution in [3.63, 3.8) is 0 Å². The molecule has 0 aliphatic carbocycles. The van der Waals surface area contributed by atoms with Crippen LogP contribution in [0.2, 0.25) is 5.02 Å². The van der Waals surface area contributed by atoms with E-state index in [2.05, 4.69) is 11.8 Å². The van der Waals surface area contributed by atoms with Crippen LogP contribution in [-0.4, -0.2) is 51.2 Å². The van der Waals surface area contributed by atoms with E-state index in [-0.39, 0.29) is 5.91 Å². The van der Waals surface area contributed by atoms with Crippen LogP contribution in [0.15, 0.2) is 60.7 Å². The molecule has 34 heavy (non-hydrogen) atoms. The first-order chi connectivity index (χ1) is 16.5. The lowest BCUT2D eigenvalue weighted by atomic mass is 10.1. The van der Waals surface area contributed by atoms with Gasteiger partial charge >= 0.3 is 0 Å². The minimum Gasteiger partial charge on any atom is -0.497 e. The summed E-state index contributed by atoms with van der Waals surface area (Å²) in [6.45, 7) is 5.19. The first-order valence-corrected chi connectivity index (χ1v) is 11.6. The molecule has 0 N–H and O–H groups in total. The van der Waals surface area contributed by atoms with Crippen molar-refractivity contribution in [1.82, 2.24) is 4.90 Å². The standard InChI is InChI=1S/C27H29ClN2O4/c1-19-4-6-22(28)17-25(19)29-12-14-30(15-13-29)27(31)20-5-11-26(33-3)21(16-20)18-34-24-9-7-23(32-2)8-10-24/h4-11,16-17H,12-15,18H2,1-3H3. The molecule has 0 bridgehead atoms. The molecule has 1 aliphatic heterocycles. The van der Waals surface area contributed by atoms with Crippen molar-refractivity contribution in [2.24, 2.45) is 0 Å². The third-order valence-electron chi connectivity index (χ3n) is 6.06. The smallest absolute Gasteiger partial charge is 0.253 e. The van der Waals surface area contributed by atoms with Gasteiger partial charge in [-0.1, -0.05) is 17.7 Å². The molecule has 3 aromatic rings. The summed E-state index contributed by atoms with van der Waals surface area (Å²) in [6, 6.07) is 18.8. The molecule has 178 valence electrons. The van der Waals surface area contributed by atoms with Gasteiger partial charge < -0.3 is 24.0 Å². The molecule has 0 saturated carbocycles. The number of hydrogen-bond acceptors (Lipinski definition) is 5. The van der Waals surface area contributed by atoms with Crippen LogP contribution in [0.5, 0.6) is 17.2 Å². The Morgan fingerprint density at radius 2 is 1.59 bits per heavy atom. The topological polar surface area (TPSA) is 51.2 Å². The van der Waals surface area contributed by atoms with Crippen LogP contribution in [0.1, 0.15) is 21.5 Å². The van der Waals surface area contributed by atoms with Crippen molar-refractivity contribution in [3.8, 4) is 17.2 Å². The number of hydrogen-bond donors (Lipinski definition) is 0. The lowest BCUT2D eigenvalue weighted by Gasteiger charge is -2.37. The molecular formula is C27H29ClN2O4. The van der Waals surface area contributed by atoms with Gasteiger partial charge in [0.1, 0.15) is 23.9 Å². The fourth-order valence-corrected chi connectivity index (χ4v) is 4.28. The van der Waals surface area contributed by atoms with Gasteiger partial charge in [0, 0.05) is 48.0 Å². The number of halogens is 1. The molecule has 0 spiro atoms. The third-order valence-corrected chi connectivity index (χ3v) is 6.29. The number of ether oxygens (including phenoxy) is 3. The number of piperazine rings is 1. The first kappa shape index (κ1) is 23.8. The van der Waals surface area contributed by atoms with Crippen LogP contribution < -0.4 is 19.1 Å². The molecule has 1 fully saturated rings. The fraction of sp³-hybridized carbons (Fsp3) is 0.296. The molecular weight excluding hydrogens is 452 g/mol. The molecule has 0 radical (unpaired) electrons. The summed E-state index contributed by atoms with van der Waals surface area (Å²) in [4.78, 5) is 17.4. The Labute approximate surface area is 205 Å². The number of carbonyl (C=O) groups is 1. The van der Waals surface area contributed by atoms with Crippen LogP contribution in [-0.2, 0) is 6.61 Å². The van der Waals surface area contributed by atoms with Crippen molar-refractivity contribution in [1.29, 1.82) is 0 Å². The second-order valence-electron chi connectivity index (χ2n) is 8.20. The average molecular weight is 481 g/mol. The summed E-state index contributed by atoms with van der Waals surface area (Å²) < 4.78 is 16.6. The Morgan fingerprint density at radius 3 is 2.26 bits per heavy atom. The minimum absolute atomic E-state index is 0.0100. The Balaban J connectivity index is 1.42. The SMILES string of the molecule is COc1ccc(OCc2cc(C(=O)N3CCN(c4cc(Cl)ccc4C)CC3)ccc2OC)cc1. The highest BCUT2D eigenvalue weighted by molar-refractivity contribution is 6.30. The van der Waals surface area contributed by atoms with Crippen molar-refractivity contribution in [2.45, 2.75) is 13.5 Å². The summed E-state index contributed by atoms with van der Waals surface area (Å²) in [5, 5.41) is 0.724. The number of methoxy groups -OCH3 is 2. The van der Waals surface area contributed by atoms with Gasteiger partial charge in [0.2, 0.25) is 0 Å². The molecule has 0 unspecified atom stereocenters. The van der Waals surface area contributed by atoms with Gasteiger partial charge in [-0.15, -0.1) is 0 Å². The molecule has 6 nitrogen and oxygen atoms in total. The van der Waals surface area contributed by atoms with E-state index in [0.717, 1.165) is 35.1 Å². The monoisotopic (exact) mass is 480 g/mol. The maximum absolute atomic E-state index is 13.3. The Kier molecular flexibility index (Phi) is 7.48. The Bertz CT molecular complexity index is 1140. The van der Waals surface area contributed by atoms with Gasteiger partial charge in [-0.25, -0.2) is 0 Å². The van der Waals surface area contributed by atoms with Gasteiger partial charge in [0.25, 0.3) is 5.91 Å². The van der Waals surface area contributed by atoms with E-state index in [1.54, 1.807) is 14.2 Å². The van der Waals surface area contributed by atoms with Gasteiger partial charge in [0.15, 0.2) is 0 Å². The van der Waals surface area contributed by atoms with E-state index < -0.39 is 0 Å². The molecule has 0 atom stereocenters. The quantitative estimate of drug-likeness (QED) is 0.465. The second kappa shape index (κ2) is 10.7. The van der Waals surface area contributed by atoms with E-state index in [9.17, 15) is 4.79 Å². The number of benzene rings is 3. The highest BCUT2D eigenvalue weighted by atomic mass is 35.5. The molecule has 0 aromatic heterocycles. The zero-order valence-corrected chi connectivity index (χ0v) is 20.5. The van der Waals surface area contributed by atoms with E-state index in [4.69, 9.17) is 25.8 Å². The minimum atomic E-state index is 0.0100.